The molecule has 21 heavy (non-hydrogen) atoms. The van der Waals surface area contributed by atoms with E-state index in [1.54, 1.807) is 12.0 Å². The summed E-state index contributed by atoms with van der Waals surface area (Å²) in [5.74, 6) is 1.25. The maximum absolute atomic E-state index is 12.6. The second-order valence-corrected chi connectivity index (χ2v) is 5.50. The molecule has 1 amide bonds. The number of benzene rings is 1. The lowest BCUT2D eigenvalue weighted by molar-refractivity contribution is -0.138. The zero-order chi connectivity index (χ0) is 15.2. The van der Waals surface area contributed by atoms with E-state index in [9.17, 15) is 9.90 Å². The number of aliphatic hydroxyl groups excluding tert-OH is 1. The quantitative estimate of drug-likeness (QED) is 0.783. The largest absolute Gasteiger partial charge is 0.496 e. The molecule has 0 bridgehead atoms. The lowest BCUT2D eigenvalue weighted by Gasteiger charge is -2.35. The predicted octanol–water partition coefficient (Wildman–Crippen LogP) is 0.872. The lowest BCUT2D eigenvalue weighted by Crippen LogP contribution is -2.50. The van der Waals surface area contributed by atoms with Crippen molar-refractivity contribution in [3.8, 4) is 5.75 Å². The second-order valence-electron chi connectivity index (χ2n) is 5.50. The molecule has 5 nitrogen and oxygen atoms in total. The number of methoxy groups -OCH3 is 1. The van der Waals surface area contributed by atoms with Gasteiger partial charge in [0.05, 0.1) is 13.7 Å². The van der Waals surface area contributed by atoms with Crippen LogP contribution in [0.3, 0.4) is 0 Å². The van der Waals surface area contributed by atoms with Crippen LogP contribution in [-0.2, 0) is 11.3 Å². The van der Waals surface area contributed by atoms with Crippen LogP contribution in [0.15, 0.2) is 24.3 Å². The molecule has 1 aromatic carbocycles. The number of nitrogens with zero attached hydrogens (tertiary/aromatic N) is 1. The molecule has 0 aliphatic carbocycles. The van der Waals surface area contributed by atoms with Gasteiger partial charge in [0, 0.05) is 24.6 Å². The van der Waals surface area contributed by atoms with E-state index < -0.39 is 0 Å². The Bertz CT molecular complexity index is 474. The fraction of sp³-hybridized carbons (Fsp3) is 0.562. The van der Waals surface area contributed by atoms with Crippen molar-refractivity contribution in [1.29, 1.82) is 0 Å². The highest BCUT2D eigenvalue weighted by Crippen LogP contribution is 2.23. The van der Waals surface area contributed by atoms with E-state index >= 15 is 0 Å². The van der Waals surface area contributed by atoms with E-state index in [4.69, 9.17) is 4.74 Å². The minimum Gasteiger partial charge on any atom is -0.496 e. The van der Waals surface area contributed by atoms with E-state index in [0.29, 0.717) is 19.0 Å². The van der Waals surface area contributed by atoms with Gasteiger partial charge in [-0.25, -0.2) is 0 Å². The molecule has 1 unspecified atom stereocenters. The maximum atomic E-state index is 12.6. The second kappa shape index (κ2) is 7.43. The predicted molar refractivity (Wildman–Crippen MR) is 81.0 cm³/mol. The standard InChI is InChI=1S/C16H24N2O3/c1-12(14-9-17-10-14)16(20)18(7-8-19)11-13-5-3-4-6-15(13)21-2/h3-6,12,14,17,19H,7-11H2,1-2H3. The first-order chi connectivity index (χ1) is 10.2. The fourth-order valence-corrected chi connectivity index (χ4v) is 2.58. The van der Waals surface area contributed by atoms with Crippen LogP contribution in [0.1, 0.15) is 12.5 Å². The first-order valence-electron chi connectivity index (χ1n) is 7.39. The van der Waals surface area contributed by atoms with Gasteiger partial charge < -0.3 is 20.1 Å². The Labute approximate surface area is 125 Å². The summed E-state index contributed by atoms with van der Waals surface area (Å²) in [4.78, 5) is 14.3. The molecule has 5 heteroatoms. The van der Waals surface area contributed by atoms with Gasteiger partial charge >= 0.3 is 0 Å². The van der Waals surface area contributed by atoms with Crippen molar-refractivity contribution < 1.29 is 14.6 Å². The molecular formula is C16H24N2O3. The number of para-hydroxylation sites is 1. The molecule has 1 fully saturated rings. The molecule has 2 N–H and O–H groups in total. The van der Waals surface area contributed by atoms with Gasteiger partial charge in [-0.2, -0.15) is 0 Å². The molecule has 1 aromatic rings. The van der Waals surface area contributed by atoms with Crippen LogP contribution in [0.4, 0.5) is 0 Å². The number of aliphatic hydroxyl groups is 1. The average molecular weight is 292 g/mol. The summed E-state index contributed by atoms with van der Waals surface area (Å²) in [6.45, 7) is 4.55. The van der Waals surface area contributed by atoms with E-state index in [0.717, 1.165) is 24.4 Å². The summed E-state index contributed by atoms with van der Waals surface area (Å²) in [5, 5.41) is 12.4. The SMILES string of the molecule is COc1ccccc1CN(CCO)C(=O)C(C)C1CNC1. The van der Waals surface area contributed by atoms with Crippen LogP contribution >= 0.6 is 0 Å². The van der Waals surface area contributed by atoms with Crippen LogP contribution < -0.4 is 10.1 Å². The van der Waals surface area contributed by atoms with Gasteiger partial charge in [-0.1, -0.05) is 25.1 Å². The minimum absolute atomic E-state index is 0.0208. The van der Waals surface area contributed by atoms with Gasteiger partial charge in [0.2, 0.25) is 5.91 Å². The summed E-state index contributed by atoms with van der Waals surface area (Å²) in [7, 11) is 1.62. The Balaban J connectivity index is 2.08. The molecule has 1 heterocycles. The highest BCUT2D eigenvalue weighted by molar-refractivity contribution is 5.79. The Morgan fingerprint density at radius 3 is 2.76 bits per heavy atom. The number of ether oxygens (including phenoxy) is 1. The summed E-state index contributed by atoms with van der Waals surface area (Å²) in [5.41, 5.74) is 0.959. The molecule has 0 aromatic heterocycles. The number of amides is 1. The molecular weight excluding hydrogens is 268 g/mol. The van der Waals surface area contributed by atoms with Crippen LogP contribution in [0, 0.1) is 11.8 Å². The highest BCUT2D eigenvalue weighted by Gasteiger charge is 2.31. The molecule has 2 rings (SSSR count). The number of nitrogens with one attached hydrogen (secondary N) is 1. The van der Waals surface area contributed by atoms with Gasteiger partial charge in [0.25, 0.3) is 0 Å². The molecule has 1 saturated heterocycles. The fourth-order valence-electron chi connectivity index (χ4n) is 2.58. The van der Waals surface area contributed by atoms with E-state index in [2.05, 4.69) is 5.32 Å². The summed E-state index contributed by atoms with van der Waals surface area (Å²) in [6.07, 6.45) is 0. The summed E-state index contributed by atoms with van der Waals surface area (Å²) < 4.78 is 5.33. The third-order valence-electron chi connectivity index (χ3n) is 4.15. The first-order valence-corrected chi connectivity index (χ1v) is 7.39. The first kappa shape index (κ1) is 15.8. The number of hydrogen-bond donors (Lipinski definition) is 2. The smallest absolute Gasteiger partial charge is 0.226 e. The van der Waals surface area contributed by atoms with Crippen molar-refractivity contribution in [3.05, 3.63) is 29.8 Å². The summed E-state index contributed by atoms with van der Waals surface area (Å²) in [6, 6.07) is 7.67. The van der Waals surface area contributed by atoms with E-state index in [-0.39, 0.29) is 18.4 Å². The van der Waals surface area contributed by atoms with Crippen molar-refractivity contribution in [2.75, 3.05) is 33.4 Å². The maximum Gasteiger partial charge on any atom is 0.226 e. The van der Waals surface area contributed by atoms with Crippen LogP contribution in [0.2, 0.25) is 0 Å². The molecule has 1 atom stereocenters. The molecule has 0 spiro atoms. The average Bonchev–Trinajstić information content (AvgIpc) is 2.44. The normalized spacial score (nSPS) is 16.1. The molecule has 1 aliphatic heterocycles. The van der Waals surface area contributed by atoms with Crippen LogP contribution in [-0.4, -0.2) is 49.3 Å². The zero-order valence-electron chi connectivity index (χ0n) is 12.7. The number of rotatable bonds is 7. The van der Waals surface area contributed by atoms with Gasteiger partial charge in [-0.05, 0) is 25.1 Å². The van der Waals surface area contributed by atoms with Crippen molar-refractivity contribution in [2.24, 2.45) is 11.8 Å². The number of hydrogen-bond acceptors (Lipinski definition) is 4. The van der Waals surface area contributed by atoms with Gasteiger partial charge in [0.1, 0.15) is 5.75 Å². The van der Waals surface area contributed by atoms with Crippen LogP contribution in [0.5, 0.6) is 5.75 Å². The molecule has 0 saturated carbocycles. The highest BCUT2D eigenvalue weighted by atomic mass is 16.5. The Kier molecular flexibility index (Phi) is 5.59. The third kappa shape index (κ3) is 3.74. The number of carbonyl (C=O) groups is 1. The van der Waals surface area contributed by atoms with Crippen molar-refractivity contribution >= 4 is 5.91 Å². The zero-order valence-corrected chi connectivity index (χ0v) is 12.7. The molecule has 116 valence electrons. The molecule has 1 aliphatic rings. The topological polar surface area (TPSA) is 61.8 Å². The van der Waals surface area contributed by atoms with Gasteiger partial charge in [-0.15, -0.1) is 0 Å². The van der Waals surface area contributed by atoms with Crippen molar-refractivity contribution in [1.82, 2.24) is 10.2 Å². The van der Waals surface area contributed by atoms with E-state index in [1.807, 2.05) is 31.2 Å². The number of carbonyl (C=O) groups excluding carboxylic acids is 1. The van der Waals surface area contributed by atoms with Crippen LogP contribution in [0.25, 0.3) is 0 Å². The molecule has 0 radical (unpaired) electrons. The summed E-state index contributed by atoms with van der Waals surface area (Å²) >= 11 is 0. The minimum atomic E-state index is -0.0312. The van der Waals surface area contributed by atoms with Gasteiger partial charge in [0.15, 0.2) is 0 Å². The Morgan fingerprint density at radius 2 is 2.19 bits per heavy atom. The van der Waals surface area contributed by atoms with Gasteiger partial charge in [-0.3, -0.25) is 4.79 Å². The van der Waals surface area contributed by atoms with Crippen molar-refractivity contribution in [3.63, 3.8) is 0 Å². The third-order valence-corrected chi connectivity index (χ3v) is 4.15. The Hall–Kier alpha value is -1.59. The monoisotopic (exact) mass is 292 g/mol. The Morgan fingerprint density at radius 1 is 1.48 bits per heavy atom. The lowest BCUT2D eigenvalue weighted by atomic mass is 9.88. The van der Waals surface area contributed by atoms with E-state index in [1.165, 1.54) is 0 Å². The van der Waals surface area contributed by atoms with Crippen molar-refractivity contribution in [2.45, 2.75) is 13.5 Å².